The SMILES string of the molecule is C#C[C@]1(O)CCN(C)C1=O.CN1CC[C@@](O)(C#Cc2cccc(-n3nc(C(N)=O)c4cc(-c5ccn(C)n5)ccc43)c2)C1=O.Cn1cc(-c2ccc3c(c2)c(C(N)=O)nn3-c2cccc(Br)c2)cn1.[2H]CF. The maximum atomic E-state index is 12.2. The van der Waals surface area contributed by atoms with Gasteiger partial charge in [0.2, 0.25) is 11.2 Å². The van der Waals surface area contributed by atoms with Crippen LogP contribution in [-0.2, 0) is 23.7 Å². The largest absolute Gasteiger partial charge is 0.369 e. The van der Waals surface area contributed by atoms with E-state index in [1.54, 1.807) is 57.2 Å². The summed E-state index contributed by atoms with van der Waals surface area (Å²) in [6.07, 6.45) is 11.1. The Kier molecular flexibility index (Phi) is 14.3. The molecule has 0 radical (unpaired) electrons. The number of aryl methyl sites for hydroxylation is 2. The summed E-state index contributed by atoms with van der Waals surface area (Å²) in [4.78, 5) is 50.1. The third-order valence-electron chi connectivity index (χ3n) is 11.7. The fraction of sp³-hybridized carbons (Fsp3) is 0.216. The molecule has 8 aromatic rings. The molecule has 2 aliphatic rings. The zero-order valence-corrected chi connectivity index (χ0v) is 40.5. The van der Waals surface area contributed by atoms with Crippen LogP contribution in [0.3, 0.4) is 0 Å². The minimum Gasteiger partial charge on any atom is -0.369 e. The van der Waals surface area contributed by atoms with E-state index in [0.717, 1.165) is 38.1 Å². The van der Waals surface area contributed by atoms with E-state index in [0.29, 0.717) is 47.1 Å². The number of amides is 4. The first-order valence-corrected chi connectivity index (χ1v) is 22.4. The second-order valence-corrected chi connectivity index (χ2v) is 17.5. The molecule has 0 spiro atoms. The normalized spacial score (nSPS) is 17.3. The van der Waals surface area contributed by atoms with Crippen molar-refractivity contribution in [2.75, 3.05) is 34.3 Å². The van der Waals surface area contributed by atoms with Crippen LogP contribution in [0.25, 0.3) is 55.6 Å². The highest BCUT2D eigenvalue weighted by Gasteiger charge is 2.43. The van der Waals surface area contributed by atoms with Crippen molar-refractivity contribution in [2.24, 2.45) is 25.6 Å². The number of rotatable bonds is 6. The van der Waals surface area contributed by atoms with Crippen LogP contribution in [0.1, 0.15) is 40.8 Å². The van der Waals surface area contributed by atoms with Gasteiger partial charge in [0.25, 0.3) is 23.6 Å². The Bertz CT molecular complexity index is 3500. The third kappa shape index (κ3) is 10.5. The van der Waals surface area contributed by atoms with Gasteiger partial charge in [-0.05, 0) is 72.3 Å². The Morgan fingerprint density at radius 2 is 1.30 bits per heavy atom. The molecule has 10 rings (SSSR count). The van der Waals surface area contributed by atoms with Gasteiger partial charge in [-0.15, -0.1) is 6.42 Å². The molecule has 2 fully saturated rings. The minimum atomic E-state index is -1.68. The first kappa shape index (κ1) is 49.0. The highest BCUT2D eigenvalue weighted by atomic mass is 79.9. The molecule has 20 heteroatoms. The van der Waals surface area contributed by atoms with E-state index in [9.17, 15) is 33.8 Å². The smallest absolute Gasteiger partial charge is 0.269 e. The molecule has 0 aliphatic carbocycles. The summed E-state index contributed by atoms with van der Waals surface area (Å²) in [7, 11) is 5.96. The number of aromatic nitrogens is 8. The van der Waals surface area contributed by atoms with E-state index < -0.39 is 36.1 Å². The van der Waals surface area contributed by atoms with Gasteiger partial charge in [-0.25, -0.2) is 9.36 Å². The fourth-order valence-corrected chi connectivity index (χ4v) is 8.32. The Hall–Kier alpha value is -8.43. The molecular weight excluding hydrogens is 976 g/mol. The number of alkyl halides is 1. The van der Waals surface area contributed by atoms with Gasteiger partial charge in [-0.3, -0.25) is 32.9 Å². The van der Waals surface area contributed by atoms with Gasteiger partial charge < -0.3 is 31.5 Å². The number of hydrogen-bond acceptors (Lipinski definition) is 10. The maximum absolute atomic E-state index is 12.2. The highest BCUT2D eigenvalue weighted by molar-refractivity contribution is 9.10. The molecule has 71 heavy (non-hydrogen) atoms. The predicted molar refractivity (Wildman–Crippen MR) is 268 cm³/mol. The van der Waals surface area contributed by atoms with Gasteiger partial charge in [0.1, 0.15) is 0 Å². The van der Waals surface area contributed by atoms with Gasteiger partial charge in [-0.1, -0.05) is 58.0 Å². The topological polar surface area (TPSA) is 239 Å². The monoisotopic (exact) mass is 1020 g/mol. The lowest BCUT2D eigenvalue weighted by Crippen LogP contribution is -2.37. The summed E-state index contributed by atoms with van der Waals surface area (Å²) in [6, 6.07) is 28.3. The van der Waals surface area contributed by atoms with Crippen molar-refractivity contribution < 1.29 is 35.2 Å². The number of aliphatic hydroxyl groups is 2. The van der Waals surface area contributed by atoms with E-state index in [-0.39, 0.29) is 23.7 Å². The number of nitrogens with two attached hydrogens (primary N) is 2. The van der Waals surface area contributed by atoms with Gasteiger partial charge in [-0.2, -0.15) is 20.4 Å². The van der Waals surface area contributed by atoms with E-state index in [2.05, 4.69) is 54.1 Å². The van der Waals surface area contributed by atoms with E-state index >= 15 is 0 Å². The van der Waals surface area contributed by atoms with E-state index in [4.69, 9.17) is 19.3 Å². The zero-order valence-electron chi connectivity index (χ0n) is 39.9. The molecule has 2 aliphatic heterocycles. The van der Waals surface area contributed by atoms with Crippen molar-refractivity contribution in [1.82, 2.24) is 48.9 Å². The minimum absolute atomic E-state index is 0.151. The molecule has 4 aromatic heterocycles. The second-order valence-electron chi connectivity index (χ2n) is 16.6. The molecule has 6 N–H and O–H groups in total. The number of likely N-dealkylation sites (N-methyl/N-ethyl adjacent to an activating group) is 2. The average Bonchev–Trinajstić information content (AvgIpc) is 4.24. The Labute approximate surface area is 416 Å². The molecule has 0 bridgehead atoms. The van der Waals surface area contributed by atoms with Crippen molar-refractivity contribution in [2.45, 2.75) is 24.0 Å². The number of carbonyl (C=O) groups excluding carboxylic acids is 4. The average molecular weight is 1020 g/mol. The van der Waals surface area contributed by atoms with Gasteiger partial charge >= 0.3 is 0 Å². The van der Waals surface area contributed by atoms with Gasteiger partial charge in [0, 0.05) is 98.5 Å². The quantitative estimate of drug-likeness (QED) is 0.170. The summed E-state index contributed by atoms with van der Waals surface area (Å²) in [5.41, 5.74) is 15.6. The van der Waals surface area contributed by atoms with Crippen LogP contribution in [0.5, 0.6) is 0 Å². The number of primary amides is 2. The number of hydrogen-bond donors (Lipinski definition) is 4. The van der Waals surface area contributed by atoms with E-state index in [1.807, 2.05) is 99.3 Å². The van der Waals surface area contributed by atoms with Crippen molar-refractivity contribution in [3.63, 3.8) is 0 Å². The lowest BCUT2D eigenvalue weighted by molar-refractivity contribution is -0.138. The molecule has 2 atom stereocenters. The third-order valence-corrected chi connectivity index (χ3v) is 12.2. The molecule has 4 aromatic carbocycles. The van der Waals surface area contributed by atoms with Crippen LogP contribution in [0.4, 0.5) is 4.39 Å². The molecule has 2 saturated heterocycles. The summed E-state index contributed by atoms with van der Waals surface area (Å²) >= 11 is 3.46. The molecule has 18 nitrogen and oxygen atoms in total. The van der Waals surface area contributed by atoms with E-state index in [1.165, 1.54) is 9.80 Å². The maximum Gasteiger partial charge on any atom is 0.269 e. The first-order chi connectivity index (χ1) is 34.3. The standard InChI is InChI=1S/C25H22N6O3.C18H14BrN5O.C7H9NO2.CH3F/c1-29-13-11-25(34,24(29)33)10-8-16-4-3-5-18(14-16)31-21-7-6-17(20-9-12-30(2)27-20)15-19(21)22(28-31)23(26)32;1-23-10-12(9-21-23)11-5-6-16-15(7-11)17(18(20)25)22-24(16)14-4-2-3-13(19)8-14;1-3-7(10)4-5-8(2)6(7)9;1-2/h3-7,9,12,14-15,34H,11,13H2,1-2H3,(H2,26,32);2-10H,1H3,(H2,20,25);1,10H,4-5H2,2H3;1H3/t25-;;7-;/m0.0./s1/i;;;1D. The first-order valence-electron chi connectivity index (χ1n) is 22.3. The number of nitrogens with zero attached hydrogens (tertiary/aromatic N) is 10. The Morgan fingerprint density at radius 1 is 0.746 bits per heavy atom. The van der Waals surface area contributed by atoms with Crippen LogP contribution in [-0.4, -0.2) is 128 Å². The zero-order chi connectivity index (χ0) is 52.1. The van der Waals surface area contributed by atoms with Gasteiger partial charge in [0.05, 0.1) is 42.8 Å². The lowest BCUT2D eigenvalue weighted by Gasteiger charge is -2.13. The van der Waals surface area contributed by atoms with Gasteiger partial charge in [0.15, 0.2) is 11.4 Å². The van der Waals surface area contributed by atoms with Crippen molar-refractivity contribution >= 4 is 61.4 Å². The lowest BCUT2D eigenvalue weighted by atomic mass is 10.0. The molecule has 0 unspecified atom stereocenters. The van der Waals surface area contributed by atoms with Crippen LogP contribution in [0.15, 0.2) is 114 Å². The molecule has 362 valence electrons. The molecule has 4 amide bonds. The second kappa shape index (κ2) is 20.7. The molecule has 6 heterocycles. The Morgan fingerprint density at radius 3 is 1.77 bits per heavy atom. The number of likely N-dealkylation sites (tertiary alicyclic amines) is 2. The van der Waals surface area contributed by atoms with Crippen LogP contribution < -0.4 is 11.5 Å². The number of terminal acetylenes is 1. The number of benzene rings is 4. The van der Waals surface area contributed by atoms with Crippen molar-refractivity contribution in [1.29, 1.82) is 0 Å². The Balaban J connectivity index is 0.000000174. The molecule has 0 saturated carbocycles. The summed E-state index contributed by atoms with van der Waals surface area (Å²) in [5, 5.41) is 38.7. The van der Waals surface area contributed by atoms with Crippen LogP contribution >= 0.6 is 15.9 Å². The van der Waals surface area contributed by atoms with Crippen LogP contribution in [0.2, 0.25) is 0 Å². The predicted octanol–water partition coefficient (Wildman–Crippen LogP) is 4.56. The van der Waals surface area contributed by atoms with Crippen LogP contribution in [0, 0.1) is 24.2 Å². The highest BCUT2D eigenvalue weighted by Crippen LogP contribution is 2.31. The summed E-state index contributed by atoms with van der Waals surface area (Å²) < 4.78 is 23.2. The van der Waals surface area contributed by atoms with Crippen molar-refractivity contribution in [3.8, 4) is 57.9 Å². The summed E-state index contributed by atoms with van der Waals surface area (Å²) in [6.45, 7) is 0.999. The number of halogens is 2. The number of fused-ring (bicyclic) bond motifs is 2. The fourth-order valence-electron chi connectivity index (χ4n) is 7.93. The molecular formula is C51H48BrFN12O6. The van der Waals surface area contributed by atoms with Crippen molar-refractivity contribution in [3.05, 3.63) is 131 Å². The summed E-state index contributed by atoms with van der Waals surface area (Å²) in [5.74, 6) is 5.76. The number of carbonyl (C=O) groups is 4.